The number of esters is 1. The third-order valence-corrected chi connectivity index (χ3v) is 11.5. The van der Waals surface area contributed by atoms with Crippen molar-refractivity contribution in [3.8, 4) is 23.0 Å². The standard InChI is InChI=1S/C41H51N3O5/c1-5-42(17-11-16-36(45)48-6-2)33-25-34(46-3)30(24-35(33)47-4)37-31-22-26-12-7-18-43-20-9-14-28(38(26)43)40(31)49-41-29-15-10-21-44-19-8-13-27(39(29)44)23-32(37)41/h22-25,37H,5-21H2,1-4H3. The van der Waals surface area contributed by atoms with Crippen LogP contribution >= 0.6 is 0 Å². The number of carbonyl (C=O) groups excluding carboxylic acids is 1. The molecule has 3 aromatic carbocycles. The van der Waals surface area contributed by atoms with Crippen molar-refractivity contribution < 1.29 is 23.7 Å². The number of methoxy groups -OCH3 is 2. The minimum absolute atomic E-state index is 0.0479. The highest BCUT2D eigenvalue weighted by molar-refractivity contribution is 5.79. The van der Waals surface area contributed by atoms with Crippen LogP contribution in [0.1, 0.15) is 97.2 Å². The number of hydrogen-bond acceptors (Lipinski definition) is 8. The second-order valence-corrected chi connectivity index (χ2v) is 14.2. The van der Waals surface area contributed by atoms with Gasteiger partial charge in [-0.3, -0.25) is 4.79 Å². The van der Waals surface area contributed by atoms with Gasteiger partial charge < -0.3 is 33.6 Å². The molecule has 0 aromatic heterocycles. The number of hydrogen-bond donors (Lipinski definition) is 0. The number of anilines is 3. The molecule has 0 N–H and O–H groups in total. The summed E-state index contributed by atoms with van der Waals surface area (Å²) in [5, 5.41) is 0. The number of carbonyl (C=O) groups is 1. The van der Waals surface area contributed by atoms with E-state index in [1.54, 1.807) is 14.2 Å². The Morgan fingerprint density at radius 2 is 1.35 bits per heavy atom. The molecular formula is C41H51N3O5. The Hall–Kier alpha value is -4.07. The maximum Gasteiger partial charge on any atom is 0.305 e. The Labute approximate surface area is 291 Å². The molecule has 49 heavy (non-hydrogen) atoms. The van der Waals surface area contributed by atoms with Crippen molar-refractivity contribution in [2.45, 2.75) is 84.0 Å². The summed E-state index contributed by atoms with van der Waals surface area (Å²) in [6.07, 6.45) is 10.1. The van der Waals surface area contributed by atoms with Crippen LogP contribution in [0.15, 0.2) is 24.3 Å². The lowest BCUT2D eigenvalue weighted by Gasteiger charge is -2.43. The first-order valence-corrected chi connectivity index (χ1v) is 18.8. The summed E-state index contributed by atoms with van der Waals surface area (Å²) in [7, 11) is 3.55. The van der Waals surface area contributed by atoms with E-state index in [1.807, 2.05) is 6.92 Å². The molecular weight excluding hydrogens is 614 g/mol. The van der Waals surface area contributed by atoms with Crippen LogP contribution in [0.5, 0.6) is 23.0 Å². The second-order valence-electron chi connectivity index (χ2n) is 14.2. The predicted octanol–water partition coefficient (Wildman–Crippen LogP) is 7.56. The van der Waals surface area contributed by atoms with Gasteiger partial charge in [0.2, 0.25) is 0 Å². The lowest BCUT2D eigenvalue weighted by atomic mass is 9.75. The van der Waals surface area contributed by atoms with E-state index >= 15 is 0 Å². The minimum Gasteiger partial charge on any atom is -0.496 e. The lowest BCUT2D eigenvalue weighted by molar-refractivity contribution is -0.143. The Morgan fingerprint density at radius 1 is 0.776 bits per heavy atom. The van der Waals surface area contributed by atoms with Gasteiger partial charge in [0.15, 0.2) is 0 Å². The Morgan fingerprint density at radius 3 is 1.88 bits per heavy atom. The van der Waals surface area contributed by atoms with Gasteiger partial charge in [-0.1, -0.05) is 0 Å². The van der Waals surface area contributed by atoms with E-state index in [1.165, 1.54) is 57.6 Å². The van der Waals surface area contributed by atoms with Crippen LogP contribution in [0, 0.1) is 0 Å². The monoisotopic (exact) mass is 665 g/mol. The molecule has 5 aliphatic heterocycles. The van der Waals surface area contributed by atoms with E-state index in [0.29, 0.717) is 19.4 Å². The molecule has 5 aliphatic rings. The molecule has 0 saturated heterocycles. The van der Waals surface area contributed by atoms with E-state index < -0.39 is 0 Å². The van der Waals surface area contributed by atoms with Crippen molar-refractivity contribution >= 4 is 23.0 Å². The molecule has 260 valence electrons. The molecule has 8 nitrogen and oxygen atoms in total. The highest BCUT2D eigenvalue weighted by atomic mass is 16.5. The molecule has 0 amide bonds. The number of fused-ring (bicyclic) bond motifs is 4. The van der Waals surface area contributed by atoms with E-state index in [-0.39, 0.29) is 11.9 Å². The van der Waals surface area contributed by atoms with Gasteiger partial charge in [-0.2, -0.15) is 0 Å². The van der Waals surface area contributed by atoms with Crippen LogP contribution in [0.3, 0.4) is 0 Å². The van der Waals surface area contributed by atoms with E-state index in [2.05, 4.69) is 45.9 Å². The summed E-state index contributed by atoms with van der Waals surface area (Å²) >= 11 is 0. The van der Waals surface area contributed by atoms with Gasteiger partial charge in [-0.25, -0.2) is 0 Å². The maximum absolute atomic E-state index is 12.1. The van der Waals surface area contributed by atoms with Gasteiger partial charge in [0.25, 0.3) is 0 Å². The maximum atomic E-state index is 12.1. The molecule has 0 aliphatic carbocycles. The zero-order valence-electron chi connectivity index (χ0n) is 29.8. The minimum atomic E-state index is -0.149. The van der Waals surface area contributed by atoms with Crippen molar-refractivity contribution in [2.24, 2.45) is 0 Å². The fourth-order valence-corrected chi connectivity index (χ4v) is 9.46. The first kappa shape index (κ1) is 32.2. The Kier molecular flexibility index (Phi) is 8.75. The zero-order valence-corrected chi connectivity index (χ0v) is 29.8. The topological polar surface area (TPSA) is 63.7 Å². The van der Waals surface area contributed by atoms with Gasteiger partial charge in [0.05, 0.1) is 26.5 Å². The van der Waals surface area contributed by atoms with Crippen LogP contribution in [0.25, 0.3) is 0 Å². The summed E-state index contributed by atoms with van der Waals surface area (Å²) in [6, 6.07) is 9.33. The first-order chi connectivity index (χ1) is 24.0. The lowest BCUT2D eigenvalue weighted by Crippen LogP contribution is -2.36. The average Bonchev–Trinajstić information content (AvgIpc) is 3.13. The summed E-state index contributed by atoms with van der Waals surface area (Å²) < 4.78 is 25.0. The third-order valence-electron chi connectivity index (χ3n) is 11.5. The SMILES string of the molecule is CCOC(=O)CCCN(CC)c1cc(OC)c(C2c3cc4c5c(c3Oc3c2cc2c6c3CCCN6CCC2)CCCN5CCC4)cc1OC. The fraction of sp³-hybridized carbons (Fsp3) is 0.537. The van der Waals surface area contributed by atoms with Crippen molar-refractivity contribution in [3.63, 3.8) is 0 Å². The number of rotatable bonds is 10. The van der Waals surface area contributed by atoms with Crippen LogP contribution in [-0.2, 0) is 35.2 Å². The summed E-state index contributed by atoms with van der Waals surface area (Å²) in [4.78, 5) is 19.6. The molecule has 0 atom stereocenters. The molecule has 0 bridgehead atoms. The molecule has 8 heteroatoms. The van der Waals surface area contributed by atoms with Gasteiger partial charge in [0.1, 0.15) is 23.0 Å². The van der Waals surface area contributed by atoms with Gasteiger partial charge >= 0.3 is 5.97 Å². The third kappa shape index (κ3) is 5.46. The van der Waals surface area contributed by atoms with Crippen molar-refractivity contribution in [2.75, 3.05) is 74.8 Å². The molecule has 8 rings (SSSR count). The van der Waals surface area contributed by atoms with Gasteiger partial charge in [-0.05, 0) is 101 Å². The Bertz CT molecular complexity index is 1680. The number of benzene rings is 3. The van der Waals surface area contributed by atoms with E-state index in [4.69, 9.17) is 18.9 Å². The fourth-order valence-electron chi connectivity index (χ4n) is 9.46. The van der Waals surface area contributed by atoms with Crippen molar-refractivity contribution in [1.82, 2.24) is 0 Å². The van der Waals surface area contributed by atoms with Crippen molar-refractivity contribution in [3.05, 3.63) is 63.2 Å². The van der Waals surface area contributed by atoms with E-state index in [0.717, 1.165) is 112 Å². The highest BCUT2D eigenvalue weighted by Crippen LogP contribution is 2.58. The van der Waals surface area contributed by atoms with Crippen LogP contribution in [-0.4, -0.2) is 66.1 Å². The summed E-state index contributed by atoms with van der Waals surface area (Å²) in [5.41, 5.74) is 13.2. The molecule has 3 aromatic rings. The molecule has 0 saturated carbocycles. The van der Waals surface area contributed by atoms with Crippen molar-refractivity contribution in [1.29, 1.82) is 0 Å². The average molecular weight is 666 g/mol. The molecule has 0 unspecified atom stereocenters. The number of nitrogens with zero attached hydrogens (tertiary/aromatic N) is 3. The second kappa shape index (κ2) is 13.3. The largest absolute Gasteiger partial charge is 0.496 e. The van der Waals surface area contributed by atoms with Crippen LogP contribution < -0.4 is 28.9 Å². The zero-order chi connectivity index (χ0) is 33.6. The summed E-state index contributed by atoms with van der Waals surface area (Å²) in [6.45, 7) is 10.4. The van der Waals surface area contributed by atoms with Crippen LogP contribution in [0.4, 0.5) is 17.1 Å². The molecule has 0 fully saturated rings. The van der Waals surface area contributed by atoms with Gasteiger partial charge in [0, 0.05) is 96.9 Å². The number of ether oxygens (including phenoxy) is 4. The molecule has 5 heterocycles. The molecule has 0 radical (unpaired) electrons. The Balaban J connectivity index is 1.30. The smallest absolute Gasteiger partial charge is 0.305 e. The predicted molar refractivity (Wildman–Crippen MR) is 195 cm³/mol. The summed E-state index contributed by atoms with van der Waals surface area (Å²) in [5.74, 6) is 3.62. The quantitative estimate of drug-likeness (QED) is 0.161. The van der Waals surface area contributed by atoms with Crippen LogP contribution in [0.2, 0.25) is 0 Å². The number of aryl methyl sites for hydroxylation is 2. The highest BCUT2D eigenvalue weighted by Gasteiger charge is 2.40. The normalized spacial score (nSPS) is 17.3. The van der Waals surface area contributed by atoms with Gasteiger partial charge in [-0.15, -0.1) is 0 Å². The van der Waals surface area contributed by atoms with E-state index in [9.17, 15) is 4.79 Å². The first-order valence-electron chi connectivity index (χ1n) is 18.8. The molecule has 0 spiro atoms.